The van der Waals surface area contributed by atoms with Crippen LogP contribution in [0.4, 0.5) is 0 Å². The molecule has 3 rings (SSSR count). The molecule has 0 radical (unpaired) electrons. The van der Waals surface area contributed by atoms with Gasteiger partial charge < -0.3 is 9.47 Å². The molecule has 2 aromatic heterocycles. The lowest BCUT2D eigenvalue weighted by Gasteiger charge is -2.10. The van der Waals surface area contributed by atoms with Crippen LogP contribution in [0.2, 0.25) is 0 Å². The number of fused-ring (bicyclic) bond motifs is 1. The number of hydrogen-bond donors (Lipinski definition) is 0. The van der Waals surface area contributed by atoms with Crippen molar-refractivity contribution >= 4 is 17.5 Å². The van der Waals surface area contributed by atoms with Gasteiger partial charge in [-0.2, -0.15) is 11.8 Å². The highest BCUT2D eigenvalue weighted by Gasteiger charge is 2.11. The van der Waals surface area contributed by atoms with E-state index in [1.807, 2.05) is 52.8 Å². The van der Waals surface area contributed by atoms with Gasteiger partial charge in [-0.05, 0) is 36.1 Å². The van der Waals surface area contributed by atoms with Gasteiger partial charge in [0.1, 0.15) is 11.5 Å². The molecule has 0 aliphatic rings. The second-order valence-electron chi connectivity index (χ2n) is 5.21. The Morgan fingerprint density at radius 2 is 2.21 bits per heavy atom. The molecular formula is C18H21N3O2S. The van der Waals surface area contributed by atoms with Crippen molar-refractivity contribution in [3.8, 4) is 22.8 Å². The maximum absolute atomic E-state index is 5.81. The molecule has 0 spiro atoms. The van der Waals surface area contributed by atoms with Gasteiger partial charge >= 0.3 is 0 Å². The lowest BCUT2D eigenvalue weighted by atomic mass is 10.1. The fourth-order valence-electron chi connectivity index (χ4n) is 2.43. The Labute approximate surface area is 146 Å². The molecule has 0 atom stereocenters. The van der Waals surface area contributed by atoms with E-state index in [2.05, 4.69) is 16.9 Å². The van der Waals surface area contributed by atoms with E-state index >= 15 is 0 Å². The SMILES string of the molecule is CCSCCCOc1ccc(-c2cn3cccnc3n2)c(OC)c1. The lowest BCUT2D eigenvalue weighted by molar-refractivity contribution is 0.316. The van der Waals surface area contributed by atoms with Gasteiger partial charge in [-0.1, -0.05) is 6.92 Å². The van der Waals surface area contributed by atoms with Gasteiger partial charge in [0, 0.05) is 30.2 Å². The van der Waals surface area contributed by atoms with Crippen LogP contribution in [0.1, 0.15) is 13.3 Å². The average molecular weight is 343 g/mol. The second kappa shape index (κ2) is 8.06. The van der Waals surface area contributed by atoms with Crippen molar-refractivity contribution in [2.45, 2.75) is 13.3 Å². The summed E-state index contributed by atoms with van der Waals surface area (Å²) in [6, 6.07) is 7.74. The molecule has 6 heteroatoms. The molecular weight excluding hydrogens is 322 g/mol. The Kier molecular flexibility index (Phi) is 5.59. The molecule has 0 fully saturated rings. The molecule has 1 aromatic carbocycles. The Morgan fingerprint density at radius 1 is 1.29 bits per heavy atom. The molecule has 24 heavy (non-hydrogen) atoms. The standard InChI is InChI=1S/C18H21N3O2S/c1-3-24-11-5-10-23-14-6-7-15(17(12-14)22-2)16-13-21-9-4-8-19-18(21)20-16/h4,6-9,12-13H,3,5,10-11H2,1-2H3. The third-order valence-electron chi connectivity index (χ3n) is 3.59. The van der Waals surface area contributed by atoms with Crippen molar-refractivity contribution in [2.24, 2.45) is 0 Å². The fraction of sp³-hybridized carbons (Fsp3) is 0.333. The first-order valence-corrected chi connectivity index (χ1v) is 9.16. The molecule has 0 aliphatic heterocycles. The van der Waals surface area contributed by atoms with Gasteiger partial charge in [0.05, 0.1) is 19.4 Å². The number of aromatic nitrogens is 3. The predicted molar refractivity (Wildman–Crippen MR) is 98.1 cm³/mol. The van der Waals surface area contributed by atoms with Gasteiger partial charge in [-0.25, -0.2) is 9.97 Å². The lowest BCUT2D eigenvalue weighted by Crippen LogP contribution is -1.99. The third-order valence-corrected chi connectivity index (χ3v) is 4.58. The number of rotatable bonds is 8. The molecule has 0 saturated heterocycles. The molecule has 126 valence electrons. The van der Waals surface area contributed by atoms with Crippen molar-refractivity contribution in [1.29, 1.82) is 0 Å². The topological polar surface area (TPSA) is 48.7 Å². The van der Waals surface area contributed by atoms with Crippen LogP contribution >= 0.6 is 11.8 Å². The number of hydrogen-bond acceptors (Lipinski definition) is 5. The summed E-state index contributed by atoms with van der Waals surface area (Å²) in [6.07, 6.45) is 6.65. The summed E-state index contributed by atoms with van der Waals surface area (Å²) >= 11 is 1.93. The Balaban J connectivity index is 1.76. The largest absolute Gasteiger partial charge is 0.496 e. The van der Waals surface area contributed by atoms with Crippen molar-refractivity contribution in [1.82, 2.24) is 14.4 Å². The van der Waals surface area contributed by atoms with E-state index in [-0.39, 0.29) is 0 Å². The van der Waals surface area contributed by atoms with E-state index < -0.39 is 0 Å². The first kappa shape index (κ1) is 16.6. The van der Waals surface area contributed by atoms with Crippen LogP contribution < -0.4 is 9.47 Å². The van der Waals surface area contributed by atoms with Gasteiger partial charge in [0.2, 0.25) is 5.78 Å². The van der Waals surface area contributed by atoms with Crippen LogP contribution in [-0.2, 0) is 0 Å². The Hall–Kier alpha value is -2.21. The smallest absolute Gasteiger partial charge is 0.234 e. The van der Waals surface area contributed by atoms with Crippen molar-refractivity contribution in [3.05, 3.63) is 42.9 Å². The van der Waals surface area contributed by atoms with Gasteiger partial charge in [0.25, 0.3) is 0 Å². The fourth-order valence-corrected chi connectivity index (χ4v) is 3.04. The van der Waals surface area contributed by atoms with E-state index in [1.54, 1.807) is 13.3 Å². The normalized spacial score (nSPS) is 10.9. The summed E-state index contributed by atoms with van der Waals surface area (Å²) in [5, 5.41) is 0. The third kappa shape index (κ3) is 3.82. The molecule has 0 bridgehead atoms. The van der Waals surface area contributed by atoms with Crippen molar-refractivity contribution in [2.75, 3.05) is 25.2 Å². The van der Waals surface area contributed by atoms with Gasteiger partial charge in [-0.15, -0.1) is 0 Å². The van der Waals surface area contributed by atoms with E-state index in [0.29, 0.717) is 12.4 Å². The summed E-state index contributed by atoms with van der Waals surface area (Å²) in [6.45, 7) is 2.89. The predicted octanol–water partition coefficient (Wildman–Crippen LogP) is 3.93. The number of ether oxygens (including phenoxy) is 2. The zero-order chi connectivity index (χ0) is 16.8. The highest BCUT2D eigenvalue weighted by atomic mass is 32.2. The number of benzene rings is 1. The highest BCUT2D eigenvalue weighted by Crippen LogP contribution is 2.32. The van der Waals surface area contributed by atoms with Crippen LogP contribution in [0.3, 0.4) is 0 Å². The van der Waals surface area contributed by atoms with Gasteiger partial charge in [-0.3, -0.25) is 4.40 Å². The van der Waals surface area contributed by atoms with Crippen molar-refractivity contribution < 1.29 is 9.47 Å². The minimum Gasteiger partial charge on any atom is -0.496 e. The van der Waals surface area contributed by atoms with E-state index in [9.17, 15) is 0 Å². The second-order valence-corrected chi connectivity index (χ2v) is 6.61. The zero-order valence-electron chi connectivity index (χ0n) is 13.9. The van der Waals surface area contributed by atoms with E-state index in [1.165, 1.54) is 0 Å². The van der Waals surface area contributed by atoms with E-state index in [4.69, 9.17) is 9.47 Å². The minimum absolute atomic E-state index is 0.670. The summed E-state index contributed by atoms with van der Waals surface area (Å²) in [4.78, 5) is 8.80. The quantitative estimate of drug-likeness (QED) is 0.580. The molecule has 0 N–H and O–H groups in total. The number of methoxy groups -OCH3 is 1. The Morgan fingerprint density at radius 3 is 3.00 bits per heavy atom. The average Bonchev–Trinajstić information content (AvgIpc) is 3.05. The maximum Gasteiger partial charge on any atom is 0.234 e. The summed E-state index contributed by atoms with van der Waals surface area (Å²) < 4.78 is 13.2. The molecule has 3 aromatic rings. The maximum atomic E-state index is 5.81. The van der Waals surface area contributed by atoms with Crippen LogP contribution in [0, 0.1) is 0 Å². The minimum atomic E-state index is 0.670. The van der Waals surface area contributed by atoms with Crippen LogP contribution in [-0.4, -0.2) is 39.6 Å². The first-order chi connectivity index (χ1) is 11.8. The molecule has 0 saturated carbocycles. The zero-order valence-corrected chi connectivity index (χ0v) is 14.8. The van der Waals surface area contributed by atoms with Gasteiger partial charge in [0.15, 0.2) is 0 Å². The van der Waals surface area contributed by atoms with Crippen LogP contribution in [0.15, 0.2) is 42.9 Å². The molecule has 0 aliphatic carbocycles. The first-order valence-electron chi connectivity index (χ1n) is 8.00. The Bertz CT molecular complexity index is 771. The monoisotopic (exact) mass is 343 g/mol. The summed E-state index contributed by atoms with van der Waals surface area (Å²) in [5.41, 5.74) is 1.76. The summed E-state index contributed by atoms with van der Waals surface area (Å²) in [5.74, 6) is 4.51. The van der Waals surface area contributed by atoms with Crippen LogP contribution in [0.25, 0.3) is 17.0 Å². The molecule has 0 amide bonds. The summed E-state index contributed by atoms with van der Waals surface area (Å²) in [7, 11) is 1.66. The highest BCUT2D eigenvalue weighted by molar-refractivity contribution is 7.99. The van der Waals surface area contributed by atoms with Crippen molar-refractivity contribution in [3.63, 3.8) is 0 Å². The number of imidazole rings is 1. The number of nitrogens with zero attached hydrogens (tertiary/aromatic N) is 3. The molecule has 0 unspecified atom stereocenters. The number of thioether (sulfide) groups is 1. The van der Waals surface area contributed by atoms with Crippen LogP contribution in [0.5, 0.6) is 11.5 Å². The molecule has 5 nitrogen and oxygen atoms in total. The van der Waals surface area contributed by atoms with E-state index in [0.717, 1.165) is 40.7 Å². The molecule has 2 heterocycles.